The summed E-state index contributed by atoms with van der Waals surface area (Å²) in [4.78, 5) is 31.1. The van der Waals surface area contributed by atoms with Crippen LogP contribution in [0.15, 0.2) is 64.0 Å². The van der Waals surface area contributed by atoms with Crippen molar-refractivity contribution in [3.63, 3.8) is 0 Å². The molecule has 0 unspecified atom stereocenters. The number of hydrogen-bond acceptors (Lipinski definition) is 6. The minimum absolute atomic E-state index is 0.132. The number of anilines is 1. The third-order valence-electron chi connectivity index (χ3n) is 3.99. The van der Waals surface area contributed by atoms with Crippen molar-refractivity contribution in [1.29, 1.82) is 0 Å². The largest absolute Gasteiger partial charge is 0.484 e. The number of hydrogen-bond donors (Lipinski definition) is 2. The van der Waals surface area contributed by atoms with Crippen LogP contribution >= 0.6 is 0 Å². The van der Waals surface area contributed by atoms with E-state index in [1.54, 1.807) is 25.1 Å². The summed E-state index contributed by atoms with van der Waals surface area (Å²) in [6.45, 7) is 1.36. The smallest absolute Gasteiger partial charge is 0.263 e. The first-order valence-corrected chi connectivity index (χ1v) is 8.88. The predicted molar refractivity (Wildman–Crippen MR) is 105 cm³/mol. The Morgan fingerprint density at radius 1 is 1.27 bits per heavy atom. The van der Waals surface area contributed by atoms with Crippen LogP contribution < -0.4 is 15.6 Å². The molecule has 1 amide bonds. The summed E-state index contributed by atoms with van der Waals surface area (Å²) in [7, 11) is 0. The number of carbonyl (C=O) groups excluding carboxylic acids is 1. The third-order valence-corrected chi connectivity index (χ3v) is 3.99. The van der Waals surface area contributed by atoms with Crippen LogP contribution in [0.5, 0.6) is 5.75 Å². The molecule has 0 aliphatic carbocycles. The maximum Gasteiger partial charge on any atom is 0.263 e. The summed E-state index contributed by atoms with van der Waals surface area (Å²) in [5.41, 5.74) is 0.559. The number of carbonyl (C=O) groups is 1. The lowest BCUT2D eigenvalue weighted by Gasteiger charge is -2.09. The topological polar surface area (TPSA) is 115 Å². The van der Waals surface area contributed by atoms with Crippen molar-refractivity contribution in [2.45, 2.75) is 6.92 Å². The predicted octanol–water partition coefficient (Wildman–Crippen LogP) is 2.68. The number of furan rings is 1. The zero-order valence-electron chi connectivity index (χ0n) is 15.8. The highest BCUT2D eigenvalue weighted by Gasteiger charge is 2.17. The molecule has 0 aliphatic rings. The SMILES string of the molecule is Cc1cc(=O)[nH]c(-n2nc(-c3ccco3)cc2NC(=O)COc2ccc(F)cc2)n1. The van der Waals surface area contributed by atoms with Crippen LogP contribution in [0.3, 0.4) is 0 Å². The Morgan fingerprint density at radius 3 is 2.77 bits per heavy atom. The fourth-order valence-corrected chi connectivity index (χ4v) is 2.70. The molecule has 0 spiro atoms. The Bertz CT molecular complexity index is 1230. The minimum atomic E-state index is -0.485. The van der Waals surface area contributed by atoms with Crippen molar-refractivity contribution in [1.82, 2.24) is 19.7 Å². The lowest BCUT2D eigenvalue weighted by molar-refractivity contribution is -0.118. The molecule has 0 bridgehead atoms. The molecule has 0 radical (unpaired) electrons. The number of ether oxygens (including phenoxy) is 1. The number of amides is 1. The maximum atomic E-state index is 13.0. The van der Waals surface area contributed by atoms with Crippen molar-refractivity contribution in [3.05, 3.63) is 76.7 Å². The van der Waals surface area contributed by atoms with Crippen molar-refractivity contribution in [3.8, 4) is 23.2 Å². The Morgan fingerprint density at radius 2 is 2.07 bits per heavy atom. The molecule has 1 aromatic carbocycles. The average Bonchev–Trinajstić information content (AvgIpc) is 3.37. The Hall–Kier alpha value is -4.21. The van der Waals surface area contributed by atoms with Crippen molar-refractivity contribution in [2.24, 2.45) is 0 Å². The van der Waals surface area contributed by atoms with Gasteiger partial charge in [0, 0.05) is 17.8 Å². The lowest BCUT2D eigenvalue weighted by atomic mass is 10.3. The van der Waals surface area contributed by atoms with Crippen LogP contribution in [0.1, 0.15) is 5.69 Å². The summed E-state index contributed by atoms with van der Waals surface area (Å²) >= 11 is 0. The molecule has 2 N–H and O–H groups in total. The molecule has 9 nitrogen and oxygen atoms in total. The summed E-state index contributed by atoms with van der Waals surface area (Å²) < 4.78 is 25.0. The number of benzene rings is 1. The van der Waals surface area contributed by atoms with E-state index in [1.807, 2.05) is 0 Å². The van der Waals surface area contributed by atoms with Gasteiger partial charge in [-0.05, 0) is 43.3 Å². The lowest BCUT2D eigenvalue weighted by Crippen LogP contribution is -2.23. The van der Waals surface area contributed by atoms with E-state index < -0.39 is 11.7 Å². The highest BCUT2D eigenvalue weighted by Crippen LogP contribution is 2.24. The van der Waals surface area contributed by atoms with E-state index in [0.29, 0.717) is 22.9 Å². The Balaban J connectivity index is 1.60. The summed E-state index contributed by atoms with van der Waals surface area (Å²) in [5.74, 6) is 0.320. The number of nitrogens with zero attached hydrogens (tertiary/aromatic N) is 3. The molecule has 4 aromatic rings. The van der Waals surface area contributed by atoms with Gasteiger partial charge in [-0.25, -0.2) is 9.37 Å². The first-order chi connectivity index (χ1) is 14.5. The summed E-state index contributed by atoms with van der Waals surface area (Å²) in [6, 6.07) is 11.6. The zero-order chi connectivity index (χ0) is 21.1. The maximum absolute atomic E-state index is 13.0. The van der Waals surface area contributed by atoms with Gasteiger partial charge >= 0.3 is 0 Å². The van der Waals surface area contributed by atoms with Crippen molar-refractivity contribution >= 4 is 11.7 Å². The van der Waals surface area contributed by atoms with E-state index in [9.17, 15) is 14.0 Å². The molecule has 0 saturated carbocycles. The molecule has 0 aliphatic heterocycles. The van der Waals surface area contributed by atoms with Gasteiger partial charge in [-0.3, -0.25) is 14.6 Å². The number of aryl methyl sites for hydroxylation is 1. The number of aromatic nitrogens is 4. The fourth-order valence-electron chi connectivity index (χ4n) is 2.70. The summed E-state index contributed by atoms with van der Waals surface area (Å²) in [6.07, 6.45) is 1.50. The van der Waals surface area contributed by atoms with Gasteiger partial charge in [-0.15, -0.1) is 0 Å². The van der Waals surface area contributed by atoms with Gasteiger partial charge in [0.25, 0.3) is 11.5 Å². The molecule has 0 atom stereocenters. The molecular weight excluding hydrogens is 393 g/mol. The van der Waals surface area contributed by atoms with E-state index in [1.165, 1.54) is 41.3 Å². The van der Waals surface area contributed by atoms with Gasteiger partial charge in [0.05, 0.1) is 6.26 Å². The summed E-state index contributed by atoms with van der Waals surface area (Å²) in [5, 5.41) is 7.05. The van der Waals surface area contributed by atoms with Crippen LogP contribution in [0, 0.1) is 12.7 Å². The Labute approximate surface area is 169 Å². The Kier molecular flexibility index (Phi) is 5.12. The average molecular weight is 409 g/mol. The van der Waals surface area contributed by atoms with Crippen LogP contribution in [0.4, 0.5) is 10.2 Å². The second kappa shape index (κ2) is 8.03. The molecule has 30 heavy (non-hydrogen) atoms. The third kappa shape index (κ3) is 4.27. The van der Waals surface area contributed by atoms with E-state index in [0.717, 1.165) is 0 Å². The van der Waals surface area contributed by atoms with Crippen LogP contribution in [0.2, 0.25) is 0 Å². The van der Waals surface area contributed by atoms with Crippen molar-refractivity contribution in [2.75, 3.05) is 11.9 Å². The molecule has 0 saturated heterocycles. The quantitative estimate of drug-likeness (QED) is 0.506. The van der Waals surface area contributed by atoms with E-state index in [-0.39, 0.29) is 23.9 Å². The normalized spacial score (nSPS) is 10.7. The number of nitrogens with one attached hydrogen (secondary N) is 2. The zero-order valence-corrected chi connectivity index (χ0v) is 15.8. The molecule has 152 valence electrons. The number of rotatable bonds is 6. The molecule has 3 aromatic heterocycles. The van der Waals surface area contributed by atoms with Crippen molar-refractivity contribution < 1.29 is 18.3 Å². The van der Waals surface area contributed by atoms with Gasteiger partial charge in [-0.1, -0.05) is 0 Å². The van der Waals surface area contributed by atoms with Crippen LogP contribution in [-0.4, -0.2) is 32.3 Å². The fraction of sp³-hybridized carbons (Fsp3) is 0.100. The molecule has 3 heterocycles. The standard InChI is InChI=1S/C20H16FN5O4/c1-12-9-18(27)24-20(22-12)26-17(10-15(25-26)16-3-2-8-29-16)23-19(28)11-30-14-6-4-13(21)5-7-14/h2-10H,11H2,1H3,(H,23,28)(H,22,24,27). The molecule has 10 heteroatoms. The number of halogens is 1. The first-order valence-electron chi connectivity index (χ1n) is 8.88. The highest BCUT2D eigenvalue weighted by atomic mass is 19.1. The van der Waals surface area contributed by atoms with Gasteiger partial charge in [0.15, 0.2) is 12.4 Å². The minimum Gasteiger partial charge on any atom is -0.484 e. The second-order valence-corrected chi connectivity index (χ2v) is 6.31. The first kappa shape index (κ1) is 19.1. The van der Waals surface area contributed by atoms with Gasteiger partial charge in [0.1, 0.15) is 23.1 Å². The monoisotopic (exact) mass is 409 g/mol. The van der Waals surface area contributed by atoms with E-state index in [4.69, 9.17) is 9.15 Å². The highest BCUT2D eigenvalue weighted by molar-refractivity contribution is 5.91. The van der Waals surface area contributed by atoms with Gasteiger partial charge < -0.3 is 14.5 Å². The van der Waals surface area contributed by atoms with Gasteiger partial charge in [0.2, 0.25) is 5.95 Å². The molecular formula is C20H16FN5O4. The molecule has 0 fully saturated rings. The van der Waals surface area contributed by atoms with Crippen LogP contribution in [-0.2, 0) is 4.79 Å². The van der Waals surface area contributed by atoms with E-state index in [2.05, 4.69) is 20.4 Å². The second-order valence-electron chi connectivity index (χ2n) is 6.31. The van der Waals surface area contributed by atoms with Crippen LogP contribution in [0.25, 0.3) is 17.4 Å². The molecule has 4 rings (SSSR count). The van der Waals surface area contributed by atoms with Gasteiger partial charge in [-0.2, -0.15) is 9.78 Å². The number of aromatic amines is 1. The van der Waals surface area contributed by atoms with E-state index >= 15 is 0 Å². The number of H-pyrrole nitrogens is 1.